The number of hydrogen-bond donors (Lipinski definition) is 1. The van der Waals surface area contributed by atoms with Crippen LogP contribution in [-0.4, -0.2) is 24.3 Å². The highest BCUT2D eigenvalue weighted by Gasteiger charge is 2.20. The Morgan fingerprint density at radius 2 is 2.39 bits per heavy atom. The normalized spacial score (nSPS) is 20.9. The van der Waals surface area contributed by atoms with Crippen LogP contribution < -0.4 is 0 Å². The molecule has 1 aromatic carbocycles. The van der Waals surface area contributed by atoms with Crippen molar-refractivity contribution in [3.05, 3.63) is 33.8 Å². The highest BCUT2D eigenvalue weighted by Crippen LogP contribution is 2.32. The third-order valence-corrected chi connectivity index (χ3v) is 4.08. The van der Waals surface area contributed by atoms with Crippen LogP contribution in [0.25, 0.3) is 0 Å². The minimum absolute atomic E-state index is 0.349. The molecule has 0 spiro atoms. The number of aliphatic carboxylic acids is 1. The maximum atomic E-state index is 10.8. The first kappa shape index (κ1) is 13.6. The van der Waals surface area contributed by atoms with Crippen molar-refractivity contribution in [3.8, 4) is 0 Å². The second-order valence-electron chi connectivity index (χ2n) is 4.86. The number of benzene rings is 1. The van der Waals surface area contributed by atoms with Gasteiger partial charge in [0, 0.05) is 17.0 Å². The Balaban J connectivity index is 2.11. The van der Waals surface area contributed by atoms with Gasteiger partial charge in [-0.3, -0.25) is 4.79 Å². The van der Waals surface area contributed by atoms with Gasteiger partial charge in [-0.25, -0.2) is 0 Å². The van der Waals surface area contributed by atoms with Gasteiger partial charge in [0.15, 0.2) is 0 Å². The number of hydrogen-bond acceptors (Lipinski definition) is 2. The smallest absolute Gasteiger partial charge is 0.306 e. The van der Waals surface area contributed by atoms with Crippen molar-refractivity contribution in [3.63, 3.8) is 0 Å². The van der Waals surface area contributed by atoms with Gasteiger partial charge in [0.1, 0.15) is 0 Å². The molecule has 1 aliphatic rings. The third-order valence-electron chi connectivity index (χ3n) is 3.40. The minimum atomic E-state index is -0.751. The molecule has 1 fully saturated rings. The topological polar surface area (TPSA) is 46.5 Å². The van der Waals surface area contributed by atoms with Gasteiger partial charge in [-0.05, 0) is 30.0 Å². The predicted molar refractivity (Wildman–Crippen MR) is 72.8 cm³/mol. The van der Waals surface area contributed by atoms with E-state index in [4.69, 9.17) is 9.84 Å². The van der Waals surface area contributed by atoms with Gasteiger partial charge in [-0.1, -0.05) is 35.0 Å². The van der Waals surface area contributed by atoms with Crippen LogP contribution in [0, 0.1) is 5.92 Å². The van der Waals surface area contributed by atoms with Gasteiger partial charge in [-0.2, -0.15) is 0 Å². The standard InChI is InChI=1S/C14H17BrO3/c1-9(14(16)17)6-10-2-3-12(13(15)7-10)11-4-5-18-8-11/h2-3,7,9,11H,4-6,8H2,1H3,(H,16,17). The Kier molecular flexibility index (Phi) is 4.40. The van der Waals surface area contributed by atoms with Crippen LogP contribution in [0.3, 0.4) is 0 Å². The molecule has 2 atom stereocenters. The maximum Gasteiger partial charge on any atom is 0.306 e. The Morgan fingerprint density at radius 1 is 1.61 bits per heavy atom. The predicted octanol–water partition coefficient (Wildman–Crippen LogP) is 3.22. The fraction of sp³-hybridized carbons (Fsp3) is 0.500. The molecule has 4 heteroatoms. The molecule has 2 rings (SSSR count). The van der Waals surface area contributed by atoms with Crippen LogP contribution in [0.2, 0.25) is 0 Å². The number of carboxylic acid groups (broad SMARTS) is 1. The van der Waals surface area contributed by atoms with Gasteiger partial charge in [0.2, 0.25) is 0 Å². The van der Waals surface area contributed by atoms with Crippen molar-refractivity contribution >= 4 is 21.9 Å². The molecule has 0 aromatic heterocycles. The second kappa shape index (κ2) is 5.85. The molecule has 1 aromatic rings. The SMILES string of the molecule is CC(Cc1ccc(C2CCOC2)c(Br)c1)C(=O)O. The van der Waals surface area contributed by atoms with Crippen molar-refractivity contribution in [2.24, 2.45) is 5.92 Å². The molecule has 18 heavy (non-hydrogen) atoms. The van der Waals surface area contributed by atoms with E-state index in [0.29, 0.717) is 12.3 Å². The first-order chi connectivity index (χ1) is 8.58. The molecule has 0 amide bonds. The maximum absolute atomic E-state index is 10.8. The van der Waals surface area contributed by atoms with Crippen LogP contribution in [-0.2, 0) is 16.0 Å². The zero-order valence-electron chi connectivity index (χ0n) is 10.4. The van der Waals surface area contributed by atoms with Crippen LogP contribution in [0.15, 0.2) is 22.7 Å². The Hall–Kier alpha value is -0.870. The molecule has 1 N–H and O–H groups in total. The summed E-state index contributed by atoms with van der Waals surface area (Å²) in [7, 11) is 0. The molecule has 1 heterocycles. The molecule has 0 saturated carbocycles. The number of halogens is 1. The van der Waals surface area contributed by atoms with Gasteiger partial charge in [0.05, 0.1) is 12.5 Å². The van der Waals surface area contributed by atoms with Gasteiger partial charge in [0.25, 0.3) is 0 Å². The summed E-state index contributed by atoms with van der Waals surface area (Å²) >= 11 is 3.58. The van der Waals surface area contributed by atoms with Crippen LogP contribution in [0.1, 0.15) is 30.4 Å². The lowest BCUT2D eigenvalue weighted by molar-refractivity contribution is -0.141. The van der Waals surface area contributed by atoms with E-state index in [1.54, 1.807) is 6.92 Å². The fourth-order valence-electron chi connectivity index (χ4n) is 2.25. The molecule has 0 bridgehead atoms. The summed E-state index contributed by atoms with van der Waals surface area (Å²) < 4.78 is 6.46. The Labute approximate surface area is 115 Å². The minimum Gasteiger partial charge on any atom is -0.481 e. The Morgan fingerprint density at radius 3 is 2.94 bits per heavy atom. The summed E-state index contributed by atoms with van der Waals surface area (Å²) in [5, 5.41) is 8.91. The first-order valence-electron chi connectivity index (χ1n) is 6.17. The lowest BCUT2D eigenvalue weighted by atomic mass is 9.95. The molecule has 2 unspecified atom stereocenters. The summed E-state index contributed by atoms with van der Waals surface area (Å²) in [6.07, 6.45) is 1.62. The highest BCUT2D eigenvalue weighted by atomic mass is 79.9. The van der Waals surface area contributed by atoms with Gasteiger partial charge in [-0.15, -0.1) is 0 Å². The summed E-state index contributed by atoms with van der Waals surface area (Å²) in [4.78, 5) is 10.8. The summed E-state index contributed by atoms with van der Waals surface area (Å²) in [5.41, 5.74) is 2.32. The zero-order chi connectivity index (χ0) is 13.1. The van der Waals surface area contributed by atoms with E-state index in [9.17, 15) is 4.79 Å². The summed E-state index contributed by atoms with van der Waals surface area (Å²) in [5.74, 6) is -0.637. The third kappa shape index (κ3) is 3.12. The number of carboxylic acids is 1. The molecule has 0 aliphatic carbocycles. The average molecular weight is 313 g/mol. The van der Waals surface area contributed by atoms with Crippen molar-refractivity contribution in [2.45, 2.75) is 25.7 Å². The van der Waals surface area contributed by atoms with Crippen LogP contribution >= 0.6 is 15.9 Å². The van der Waals surface area contributed by atoms with E-state index in [-0.39, 0.29) is 5.92 Å². The largest absolute Gasteiger partial charge is 0.481 e. The molecule has 1 aliphatic heterocycles. The van der Waals surface area contributed by atoms with Crippen LogP contribution in [0.4, 0.5) is 0 Å². The monoisotopic (exact) mass is 312 g/mol. The molecular weight excluding hydrogens is 296 g/mol. The van der Waals surface area contributed by atoms with Crippen LogP contribution in [0.5, 0.6) is 0 Å². The first-order valence-corrected chi connectivity index (χ1v) is 6.96. The van der Waals surface area contributed by atoms with Gasteiger partial charge >= 0.3 is 5.97 Å². The number of carbonyl (C=O) groups is 1. The van der Waals surface area contributed by atoms with E-state index in [1.165, 1.54) is 5.56 Å². The Bertz CT molecular complexity index is 439. The summed E-state index contributed by atoms with van der Waals surface area (Å²) in [6.45, 7) is 3.34. The highest BCUT2D eigenvalue weighted by molar-refractivity contribution is 9.10. The van der Waals surface area contributed by atoms with E-state index in [0.717, 1.165) is 29.7 Å². The average Bonchev–Trinajstić information content (AvgIpc) is 2.82. The molecular formula is C14H17BrO3. The quantitative estimate of drug-likeness (QED) is 0.928. The molecule has 98 valence electrons. The van der Waals surface area contributed by atoms with Crippen molar-refractivity contribution in [2.75, 3.05) is 13.2 Å². The van der Waals surface area contributed by atoms with Crippen molar-refractivity contribution in [1.29, 1.82) is 0 Å². The van der Waals surface area contributed by atoms with E-state index < -0.39 is 5.97 Å². The lowest BCUT2D eigenvalue weighted by Gasteiger charge is -2.13. The lowest BCUT2D eigenvalue weighted by Crippen LogP contribution is -2.12. The molecule has 0 radical (unpaired) electrons. The van der Waals surface area contributed by atoms with E-state index in [1.807, 2.05) is 12.1 Å². The van der Waals surface area contributed by atoms with Crippen molar-refractivity contribution in [1.82, 2.24) is 0 Å². The van der Waals surface area contributed by atoms with E-state index >= 15 is 0 Å². The molecule has 3 nitrogen and oxygen atoms in total. The zero-order valence-corrected chi connectivity index (χ0v) is 11.9. The van der Waals surface area contributed by atoms with E-state index in [2.05, 4.69) is 22.0 Å². The molecule has 1 saturated heterocycles. The second-order valence-corrected chi connectivity index (χ2v) is 5.71. The number of ether oxygens (including phenoxy) is 1. The van der Waals surface area contributed by atoms with Gasteiger partial charge < -0.3 is 9.84 Å². The fourth-order valence-corrected chi connectivity index (χ4v) is 3.00. The number of rotatable bonds is 4. The summed E-state index contributed by atoms with van der Waals surface area (Å²) in [6, 6.07) is 6.15. The van der Waals surface area contributed by atoms with Crippen molar-refractivity contribution < 1.29 is 14.6 Å².